The number of carbonyl (C=O) groups excluding carboxylic acids is 2. The first-order valence-electron chi connectivity index (χ1n) is 10.5. The first-order chi connectivity index (χ1) is 15.0. The Hall–Kier alpha value is -3.48. The van der Waals surface area contributed by atoms with Gasteiger partial charge in [-0.1, -0.05) is 17.7 Å². The van der Waals surface area contributed by atoms with E-state index in [0.29, 0.717) is 36.4 Å². The third kappa shape index (κ3) is 4.99. The average molecular weight is 418 g/mol. The van der Waals surface area contributed by atoms with Gasteiger partial charge in [0, 0.05) is 43.2 Å². The lowest BCUT2D eigenvalue weighted by atomic mass is 9.98. The Labute approximate surface area is 181 Å². The Kier molecular flexibility index (Phi) is 6.11. The second kappa shape index (κ2) is 9.12. The Morgan fingerprint density at radius 3 is 2.55 bits per heavy atom. The summed E-state index contributed by atoms with van der Waals surface area (Å²) in [5, 5.41) is 11.3. The second-order valence-corrected chi connectivity index (χ2v) is 8.04. The summed E-state index contributed by atoms with van der Waals surface area (Å²) >= 11 is 0. The molecule has 1 atom stereocenters. The van der Waals surface area contributed by atoms with Crippen LogP contribution in [0.25, 0.3) is 22.9 Å². The minimum Gasteiger partial charge on any atom is -0.416 e. The molecule has 1 aliphatic rings. The van der Waals surface area contributed by atoms with E-state index in [-0.39, 0.29) is 11.8 Å². The number of nitrogens with one attached hydrogen (secondary N) is 1. The number of nitrogens with zero attached hydrogens (tertiary/aromatic N) is 3. The summed E-state index contributed by atoms with van der Waals surface area (Å²) in [4.78, 5) is 26.0. The van der Waals surface area contributed by atoms with Crippen molar-refractivity contribution in [1.82, 2.24) is 20.4 Å². The van der Waals surface area contributed by atoms with Gasteiger partial charge in [-0.15, -0.1) is 10.2 Å². The maximum atomic E-state index is 12.5. The van der Waals surface area contributed by atoms with Gasteiger partial charge in [0.05, 0.1) is 0 Å². The normalized spacial score (nSPS) is 16.2. The quantitative estimate of drug-likeness (QED) is 0.683. The lowest BCUT2D eigenvalue weighted by Gasteiger charge is -2.32. The van der Waals surface area contributed by atoms with Crippen molar-refractivity contribution in [2.24, 2.45) is 5.92 Å². The summed E-state index contributed by atoms with van der Waals surface area (Å²) in [6, 6.07) is 15.0. The topological polar surface area (TPSA) is 88.3 Å². The molecule has 7 nitrogen and oxygen atoms in total. The van der Waals surface area contributed by atoms with Crippen LogP contribution in [0.15, 0.2) is 52.9 Å². The largest absolute Gasteiger partial charge is 0.416 e. The van der Waals surface area contributed by atoms with E-state index < -0.39 is 0 Å². The number of aromatic nitrogens is 2. The summed E-state index contributed by atoms with van der Waals surface area (Å²) < 4.78 is 5.81. The van der Waals surface area contributed by atoms with Gasteiger partial charge in [-0.3, -0.25) is 9.59 Å². The molecule has 31 heavy (non-hydrogen) atoms. The summed E-state index contributed by atoms with van der Waals surface area (Å²) in [5.41, 5.74) is 3.32. The lowest BCUT2D eigenvalue weighted by Crippen LogP contribution is -2.42. The molecule has 1 fully saturated rings. The molecular weight excluding hydrogens is 392 g/mol. The molecule has 2 aromatic carbocycles. The zero-order valence-electron chi connectivity index (χ0n) is 17.8. The highest BCUT2D eigenvalue weighted by Crippen LogP contribution is 2.24. The van der Waals surface area contributed by atoms with Gasteiger partial charge in [0.2, 0.25) is 17.7 Å². The van der Waals surface area contributed by atoms with E-state index in [2.05, 4.69) is 15.5 Å². The van der Waals surface area contributed by atoms with E-state index >= 15 is 0 Å². The van der Waals surface area contributed by atoms with Crippen molar-refractivity contribution in [3.63, 3.8) is 0 Å². The van der Waals surface area contributed by atoms with Crippen LogP contribution in [-0.2, 0) is 4.79 Å². The van der Waals surface area contributed by atoms with Crippen LogP contribution in [-0.4, -0.2) is 46.5 Å². The Morgan fingerprint density at radius 2 is 1.84 bits per heavy atom. The smallest absolute Gasteiger partial charge is 0.251 e. The van der Waals surface area contributed by atoms with E-state index in [4.69, 9.17) is 4.42 Å². The molecule has 1 N–H and O–H groups in total. The highest BCUT2D eigenvalue weighted by atomic mass is 16.4. The molecule has 0 aliphatic carbocycles. The summed E-state index contributed by atoms with van der Waals surface area (Å²) in [5.74, 6) is 1.14. The predicted octanol–water partition coefficient (Wildman–Crippen LogP) is 3.70. The number of aryl methyl sites for hydroxylation is 1. The standard InChI is InChI=1S/C24H26N4O3/c1-16-5-3-7-21(13-16)24-27-26-23(31-24)20-10-8-19(9-11-20)22(30)25-14-18-6-4-12-28(15-18)17(2)29/h3,5,7-11,13,18H,4,6,12,14-15H2,1-2H3,(H,25,30). The number of piperidine rings is 1. The molecule has 4 rings (SSSR count). The molecule has 7 heteroatoms. The number of hydrogen-bond acceptors (Lipinski definition) is 5. The molecule has 160 valence electrons. The van der Waals surface area contributed by atoms with Crippen LogP contribution in [0.2, 0.25) is 0 Å². The van der Waals surface area contributed by atoms with E-state index in [0.717, 1.165) is 36.1 Å². The monoisotopic (exact) mass is 418 g/mol. The fraction of sp³-hybridized carbons (Fsp3) is 0.333. The van der Waals surface area contributed by atoms with Crippen molar-refractivity contribution in [3.8, 4) is 22.9 Å². The number of amides is 2. The minimum atomic E-state index is -0.127. The highest BCUT2D eigenvalue weighted by molar-refractivity contribution is 5.94. The van der Waals surface area contributed by atoms with Crippen molar-refractivity contribution < 1.29 is 14.0 Å². The molecular formula is C24H26N4O3. The van der Waals surface area contributed by atoms with E-state index in [9.17, 15) is 9.59 Å². The van der Waals surface area contributed by atoms with Crippen molar-refractivity contribution in [1.29, 1.82) is 0 Å². The number of rotatable bonds is 5. The van der Waals surface area contributed by atoms with Crippen LogP contribution in [0.4, 0.5) is 0 Å². The molecule has 0 spiro atoms. The molecule has 2 heterocycles. The van der Waals surface area contributed by atoms with Crippen LogP contribution in [0.5, 0.6) is 0 Å². The fourth-order valence-electron chi connectivity index (χ4n) is 3.86. The first kappa shape index (κ1) is 20.8. The molecule has 3 aromatic rings. The highest BCUT2D eigenvalue weighted by Gasteiger charge is 2.22. The van der Waals surface area contributed by atoms with Crippen LogP contribution in [0, 0.1) is 12.8 Å². The third-order valence-corrected chi connectivity index (χ3v) is 5.60. The van der Waals surface area contributed by atoms with Gasteiger partial charge in [-0.05, 0) is 62.1 Å². The predicted molar refractivity (Wildman–Crippen MR) is 117 cm³/mol. The van der Waals surface area contributed by atoms with Gasteiger partial charge < -0.3 is 14.6 Å². The average Bonchev–Trinajstić information content (AvgIpc) is 3.28. The van der Waals surface area contributed by atoms with Crippen LogP contribution in [0.3, 0.4) is 0 Å². The molecule has 1 saturated heterocycles. The minimum absolute atomic E-state index is 0.0956. The van der Waals surface area contributed by atoms with Gasteiger partial charge >= 0.3 is 0 Å². The zero-order valence-corrected chi connectivity index (χ0v) is 17.8. The van der Waals surface area contributed by atoms with Gasteiger partial charge in [0.25, 0.3) is 5.91 Å². The molecule has 0 bridgehead atoms. The van der Waals surface area contributed by atoms with Gasteiger partial charge in [0.1, 0.15) is 0 Å². The van der Waals surface area contributed by atoms with Crippen molar-refractivity contribution in [2.75, 3.05) is 19.6 Å². The van der Waals surface area contributed by atoms with E-state index in [1.165, 1.54) is 0 Å². The van der Waals surface area contributed by atoms with Crippen molar-refractivity contribution >= 4 is 11.8 Å². The molecule has 1 aliphatic heterocycles. The van der Waals surface area contributed by atoms with Gasteiger partial charge in [-0.25, -0.2) is 0 Å². The number of likely N-dealkylation sites (tertiary alicyclic amines) is 1. The van der Waals surface area contributed by atoms with Gasteiger partial charge in [-0.2, -0.15) is 0 Å². The van der Waals surface area contributed by atoms with Crippen LogP contribution >= 0.6 is 0 Å². The number of hydrogen-bond donors (Lipinski definition) is 1. The Bertz CT molecular complexity index is 1070. The van der Waals surface area contributed by atoms with Crippen LogP contribution < -0.4 is 5.32 Å². The Morgan fingerprint density at radius 1 is 1.10 bits per heavy atom. The van der Waals surface area contributed by atoms with Crippen molar-refractivity contribution in [3.05, 3.63) is 59.7 Å². The fourth-order valence-corrected chi connectivity index (χ4v) is 3.86. The maximum absolute atomic E-state index is 12.5. The second-order valence-electron chi connectivity index (χ2n) is 8.04. The van der Waals surface area contributed by atoms with Crippen LogP contribution in [0.1, 0.15) is 35.7 Å². The lowest BCUT2D eigenvalue weighted by molar-refractivity contribution is -0.130. The van der Waals surface area contributed by atoms with Gasteiger partial charge in [0.15, 0.2) is 0 Å². The maximum Gasteiger partial charge on any atom is 0.251 e. The molecule has 0 radical (unpaired) electrons. The molecule has 1 unspecified atom stereocenters. The van der Waals surface area contributed by atoms with E-state index in [1.807, 2.05) is 36.1 Å². The number of carbonyl (C=O) groups is 2. The zero-order chi connectivity index (χ0) is 21.8. The molecule has 0 saturated carbocycles. The SMILES string of the molecule is CC(=O)N1CCCC(CNC(=O)c2ccc(-c3nnc(-c4cccc(C)c4)o3)cc2)C1. The van der Waals surface area contributed by atoms with Crippen molar-refractivity contribution in [2.45, 2.75) is 26.7 Å². The summed E-state index contributed by atoms with van der Waals surface area (Å²) in [6.45, 7) is 5.68. The Balaban J connectivity index is 1.37. The summed E-state index contributed by atoms with van der Waals surface area (Å²) in [7, 11) is 0. The molecule has 2 amide bonds. The van der Waals surface area contributed by atoms with E-state index in [1.54, 1.807) is 31.2 Å². The first-order valence-corrected chi connectivity index (χ1v) is 10.5. The summed E-state index contributed by atoms with van der Waals surface area (Å²) in [6.07, 6.45) is 1.99. The third-order valence-electron chi connectivity index (χ3n) is 5.60. The molecule has 1 aromatic heterocycles. The number of benzene rings is 2.